The van der Waals surface area contributed by atoms with E-state index in [1.807, 2.05) is 19.9 Å². The number of likely N-dealkylation sites (N-methyl/N-ethyl adjacent to an activating group) is 1. The number of hydrogen-bond donors (Lipinski definition) is 1. The number of furan rings is 1. The largest absolute Gasteiger partial charge is 0.508 e. The number of fused-ring (bicyclic) bond motifs is 1. The second-order valence-corrected chi connectivity index (χ2v) is 5.38. The van der Waals surface area contributed by atoms with Gasteiger partial charge in [0.05, 0.1) is 11.1 Å². The standard InChI is InChI=1S/C15H20N2O2/c1-10-12(18)4-5-13-14(10)15(11(2)19-13)17-8-6-16(3)7-9-17/h4-5,18H,6-9H2,1-3H3. The summed E-state index contributed by atoms with van der Waals surface area (Å²) in [6, 6.07) is 3.55. The Balaban J connectivity index is 2.12. The number of phenolic OH excluding ortho intramolecular Hbond substituents is 1. The molecule has 0 amide bonds. The molecule has 1 saturated heterocycles. The van der Waals surface area contributed by atoms with E-state index in [1.165, 1.54) is 0 Å². The summed E-state index contributed by atoms with van der Waals surface area (Å²) in [5, 5.41) is 11.0. The Hall–Kier alpha value is -1.68. The van der Waals surface area contributed by atoms with Gasteiger partial charge in [-0.25, -0.2) is 0 Å². The molecule has 4 heteroatoms. The first-order valence-electron chi connectivity index (χ1n) is 6.73. The smallest absolute Gasteiger partial charge is 0.137 e. The van der Waals surface area contributed by atoms with Gasteiger partial charge in [-0.3, -0.25) is 0 Å². The molecule has 0 spiro atoms. The molecule has 1 aliphatic rings. The summed E-state index contributed by atoms with van der Waals surface area (Å²) in [4.78, 5) is 4.70. The Morgan fingerprint density at radius 2 is 1.79 bits per heavy atom. The average Bonchev–Trinajstić information content (AvgIpc) is 2.72. The van der Waals surface area contributed by atoms with Crippen molar-refractivity contribution in [3.05, 3.63) is 23.5 Å². The number of hydrogen-bond acceptors (Lipinski definition) is 4. The van der Waals surface area contributed by atoms with Crippen molar-refractivity contribution in [2.24, 2.45) is 0 Å². The van der Waals surface area contributed by atoms with E-state index in [-0.39, 0.29) is 0 Å². The zero-order valence-electron chi connectivity index (χ0n) is 11.7. The van der Waals surface area contributed by atoms with Gasteiger partial charge in [-0.1, -0.05) is 0 Å². The lowest BCUT2D eigenvalue weighted by atomic mass is 10.1. The van der Waals surface area contributed by atoms with Gasteiger partial charge in [-0.2, -0.15) is 0 Å². The maximum atomic E-state index is 9.92. The Morgan fingerprint density at radius 3 is 2.47 bits per heavy atom. The molecule has 0 atom stereocenters. The van der Waals surface area contributed by atoms with Crippen LogP contribution in [0, 0.1) is 13.8 Å². The molecule has 1 aliphatic heterocycles. The highest BCUT2D eigenvalue weighted by Gasteiger charge is 2.23. The number of nitrogens with zero attached hydrogens (tertiary/aromatic N) is 2. The van der Waals surface area contributed by atoms with Crippen molar-refractivity contribution in [2.45, 2.75) is 13.8 Å². The van der Waals surface area contributed by atoms with E-state index < -0.39 is 0 Å². The number of piperazine rings is 1. The molecule has 4 nitrogen and oxygen atoms in total. The fourth-order valence-corrected chi connectivity index (χ4v) is 2.86. The van der Waals surface area contributed by atoms with Gasteiger partial charge >= 0.3 is 0 Å². The first kappa shape index (κ1) is 12.4. The number of aryl methyl sites for hydroxylation is 2. The number of rotatable bonds is 1. The van der Waals surface area contributed by atoms with Crippen molar-refractivity contribution in [1.82, 2.24) is 4.90 Å². The Morgan fingerprint density at radius 1 is 1.11 bits per heavy atom. The highest BCUT2D eigenvalue weighted by molar-refractivity contribution is 5.96. The fourth-order valence-electron chi connectivity index (χ4n) is 2.86. The van der Waals surface area contributed by atoms with Crippen molar-refractivity contribution >= 4 is 16.7 Å². The van der Waals surface area contributed by atoms with Crippen LogP contribution in [-0.2, 0) is 0 Å². The molecule has 1 aromatic heterocycles. The molecule has 2 heterocycles. The van der Waals surface area contributed by atoms with Crippen molar-refractivity contribution in [3.63, 3.8) is 0 Å². The molecule has 0 aliphatic carbocycles. The van der Waals surface area contributed by atoms with Crippen molar-refractivity contribution in [2.75, 3.05) is 38.1 Å². The molecule has 1 aromatic carbocycles. The third kappa shape index (κ3) is 1.96. The summed E-state index contributed by atoms with van der Waals surface area (Å²) >= 11 is 0. The molecule has 1 N–H and O–H groups in total. The van der Waals surface area contributed by atoms with Crippen LogP contribution in [0.2, 0.25) is 0 Å². The van der Waals surface area contributed by atoms with E-state index in [1.54, 1.807) is 6.07 Å². The summed E-state index contributed by atoms with van der Waals surface area (Å²) in [6.45, 7) is 8.08. The third-order valence-corrected chi connectivity index (χ3v) is 4.05. The number of aromatic hydroxyl groups is 1. The first-order chi connectivity index (χ1) is 9.08. The van der Waals surface area contributed by atoms with Gasteiger partial charge < -0.3 is 19.3 Å². The van der Waals surface area contributed by atoms with Gasteiger partial charge in [-0.05, 0) is 33.0 Å². The van der Waals surface area contributed by atoms with Crippen LogP contribution in [-0.4, -0.2) is 43.2 Å². The minimum absolute atomic E-state index is 0.337. The second kappa shape index (κ2) is 4.46. The maximum Gasteiger partial charge on any atom is 0.137 e. The third-order valence-electron chi connectivity index (χ3n) is 4.05. The summed E-state index contributed by atoms with van der Waals surface area (Å²) in [5.74, 6) is 1.27. The summed E-state index contributed by atoms with van der Waals surface area (Å²) in [7, 11) is 2.15. The van der Waals surface area contributed by atoms with Crippen LogP contribution in [0.1, 0.15) is 11.3 Å². The van der Waals surface area contributed by atoms with Crippen LogP contribution < -0.4 is 4.90 Å². The van der Waals surface area contributed by atoms with Crippen LogP contribution in [0.15, 0.2) is 16.5 Å². The lowest BCUT2D eigenvalue weighted by Gasteiger charge is -2.34. The summed E-state index contributed by atoms with van der Waals surface area (Å²) in [6.07, 6.45) is 0. The summed E-state index contributed by atoms with van der Waals surface area (Å²) < 4.78 is 5.85. The Kier molecular flexibility index (Phi) is 2.90. The molecular weight excluding hydrogens is 240 g/mol. The van der Waals surface area contributed by atoms with E-state index in [0.717, 1.165) is 54.2 Å². The van der Waals surface area contributed by atoms with Crippen molar-refractivity contribution < 1.29 is 9.52 Å². The molecule has 3 rings (SSSR count). The van der Waals surface area contributed by atoms with Crippen LogP contribution in [0.4, 0.5) is 5.69 Å². The number of phenols is 1. The van der Waals surface area contributed by atoms with Gasteiger partial charge in [-0.15, -0.1) is 0 Å². The Bertz CT molecular complexity index is 610. The molecule has 0 bridgehead atoms. The predicted molar refractivity (Wildman–Crippen MR) is 77.1 cm³/mol. The highest BCUT2D eigenvalue weighted by atomic mass is 16.3. The van der Waals surface area contributed by atoms with Crippen LogP contribution in [0.5, 0.6) is 5.75 Å². The quantitative estimate of drug-likeness (QED) is 0.855. The number of benzene rings is 1. The van der Waals surface area contributed by atoms with Gasteiger partial charge in [0.15, 0.2) is 0 Å². The zero-order chi connectivity index (χ0) is 13.6. The van der Waals surface area contributed by atoms with Gasteiger partial charge in [0.2, 0.25) is 0 Å². The van der Waals surface area contributed by atoms with Gasteiger partial charge in [0.25, 0.3) is 0 Å². The van der Waals surface area contributed by atoms with E-state index in [9.17, 15) is 5.11 Å². The average molecular weight is 260 g/mol. The van der Waals surface area contributed by atoms with Gasteiger partial charge in [0.1, 0.15) is 17.1 Å². The first-order valence-corrected chi connectivity index (χ1v) is 6.73. The van der Waals surface area contributed by atoms with E-state index in [2.05, 4.69) is 16.8 Å². The van der Waals surface area contributed by atoms with Crippen LogP contribution in [0.3, 0.4) is 0 Å². The molecule has 0 saturated carbocycles. The Labute approximate surface area is 113 Å². The summed E-state index contributed by atoms with van der Waals surface area (Å²) in [5.41, 5.74) is 2.92. The van der Waals surface area contributed by atoms with E-state index in [4.69, 9.17) is 4.42 Å². The van der Waals surface area contributed by atoms with Crippen molar-refractivity contribution in [3.8, 4) is 5.75 Å². The second-order valence-electron chi connectivity index (χ2n) is 5.38. The normalized spacial score (nSPS) is 17.3. The van der Waals surface area contributed by atoms with Crippen LogP contribution >= 0.6 is 0 Å². The lowest BCUT2D eigenvalue weighted by molar-refractivity contribution is 0.312. The molecule has 2 aromatic rings. The topological polar surface area (TPSA) is 39.9 Å². The predicted octanol–water partition coefficient (Wildman–Crippen LogP) is 2.51. The molecule has 102 valence electrons. The molecule has 19 heavy (non-hydrogen) atoms. The van der Waals surface area contributed by atoms with E-state index in [0.29, 0.717) is 5.75 Å². The highest BCUT2D eigenvalue weighted by Crippen LogP contribution is 2.39. The van der Waals surface area contributed by atoms with Gasteiger partial charge in [0, 0.05) is 31.7 Å². The minimum Gasteiger partial charge on any atom is -0.508 e. The molecule has 0 radical (unpaired) electrons. The SMILES string of the molecule is Cc1oc2ccc(O)c(C)c2c1N1CCN(C)CC1. The maximum absolute atomic E-state index is 9.92. The molecular formula is C15H20N2O2. The zero-order valence-corrected chi connectivity index (χ0v) is 11.7. The fraction of sp³-hybridized carbons (Fsp3) is 0.467. The monoisotopic (exact) mass is 260 g/mol. The molecule has 1 fully saturated rings. The number of anilines is 1. The van der Waals surface area contributed by atoms with E-state index >= 15 is 0 Å². The lowest BCUT2D eigenvalue weighted by Crippen LogP contribution is -2.44. The minimum atomic E-state index is 0.337. The van der Waals surface area contributed by atoms with Crippen LogP contribution in [0.25, 0.3) is 11.0 Å². The molecule has 0 unspecified atom stereocenters. The van der Waals surface area contributed by atoms with Crippen molar-refractivity contribution in [1.29, 1.82) is 0 Å².